The van der Waals surface area contributed by atoms with Gasteiger partial charge in [0.15, 0.2) is 11.7 Å². The van der Waals surface area contributed by atoms with Crippen LogP contribution in [0.1, 0.15) is 73.6 Å². The van der Waals surface area contributed by atoms with Crippen molar-refractivity contribution in [3.05, 3.63) is 11.6 Å². The molecular formula is C25H38O7S. The highest BCUT2D eigenvalue weighted by Gasteiger charge is 2.54. The van der Waals surface area contributed by atoms with E-state index in [1.807, 2.05) is 6.08 Å². The molecule has 0 aromatic rings. The summed E-state index contributed by atoms with van der Waals surface area (Å²) in [7, 11) is 0. The van der Waals surface area contributed by atoms with E-state index in [4.69, 9.17) is 14.2 Å². The van der Waals surface area contributed by atoms with Crippen LogP contribution in [0.4, 0.5) is 4.79 Å². The van der Waals surface area contributed by atoms with Crippen LogP contribution in [0, 0.1) is 22.7 Å². The highest BCUT2D eigenvalue weighted by molar-refractivity contribution is 8.13. The Morgan fingerprint density at radius 2 is 1.58 bits per heavy atom. The standard InChI is InChI=1S/C25H38O7S/c1-7-30-21(27)17(22(28)31-8-2)10-11-18(26)16-12-13-25(6)15-24(4,5)14-19(20(16)25)33-23(29)32-9-3/h12,17,19-20H,7-11,13-15H2,1-6H3/t19-,20+,25-/m1/s1. The minimum Gasteiger partial charge on any atom is -0.465 e. The van der Waals surface area contributed by atoms with Crippen LogP contribution in [0.25, 0.3) is 0 Å². The molecule has 0 saturated heterocycles. The van der Waals surface area contributed by atoms with Crippen molar-refractivity contribution in [3.8, 4) is 0 Å². The van der Waals surface area contributed by atoms with Crippen molar-refractivity contribution >= 4 is 34.8 Å². The van der Waals surface area contributed by atoms with E-state index in [-0.39, 0.29) is 59.1 Å². The molecule has 2 aliphatic carbocycles. The molecule has 0 radical (unpaired) electrons. The van der Waals surface area contributed by atoms with Crippen LogP contribution in [0.5, 0.6) is 0 Å². The average molecular weight is 483 g/mol. The third-order valence-corrected chi connectivity index (χ3v) is 7.57. The first-order valence-corrected chi connectivity index (χ1v) is 12.8. The predicted octanol–water partition coefficient (Wildman–Crippen LogP) is 5.11. The Morgan fingerprint density at radius 3 is 2.12 bits per heavy atom. The molecule has 0 unspecified atom stereocenters. The molecule has 0 amide bonds. The Hall–Kier alpha value is -1.83. The van der Waals surface area contributed by atoms with E-state index in [1.165, 1.54) is 11.8 Å². The zero-order valence-corrected chi connectivity index (χ0v) is 21.5. The molecule has 186 valence electrons. The van der Waals surface area contributed by atoms with Crippen LogP contribution >= 0.6 is 11.8 Å². The monoisotopic (exact) mass is 482 g/mol. The Bertz CT molecular complexity index is 770. The fourth-order valence-corrected chi connectivity index (χ4v) is 7.12. The van der Waals surface area contributed by atoms with E-state index in [2.05, 4.69) is 20.8 Å². The Labute approximate surface area is 201 Å². The summed E-state index contributed by atoms with van der Waals surface area (Å²) in [5.41, 5.74) is 0.625. The van der Waals surface area contributed by atoms with Gasteiger partial charge in [0.25, 0.3) is 0 Å². The number of thioether (sulfide) groups is 1. The van der Waals surface area contributed by atoms with Crippen LogP contribution in [0.2, 0.25) is 0 Å². The van der Waals surface area contributed by atoms with Gasteiger partial charge < -0.3 is 14.2 Å². The van der Waals surface area contributed by atoms with Gasteiger partial charge in [0.05, 0.1) is 19.8 Å². The fourth-order valence-electron chi connectivity index (χ4n) is 5.54. The molecule has 7 nitrogen and oxygen atoms in total. The highest BCUT2D eigenvalue weighted by atomic mass is 32.2. The van der Waals surface area contributed by atoms with E-state index >= 15 is 0 Å². The lowest BCUT2D eigenvalue weighted by molar-refractivity contribution is -0.161. The van der Waals surface area contributed by atoms with Crippen LogP contribution in [0.3, 0.4) is 0 Å². The maximum absolute atomic E-state index is 13.3. The molecule has 0 aliphatic heterocycles. The Morgan fingerprint density at radius 1 is 1.00 bits per heavy atom. The summed E-state index contributed by atoms with van der Waals surface area (Å²) in [6.45, 7) is 12.3. The van der Waals surface area contributed by atoms with Gasteiger partial charge in [-0.3, -0.25) is 14.4 Å². The van der Waals surface area contributed by atoms with Crippen LogP contribution < -0.4 is 0 Å². The first kappa shape index (κ1) is 27.4. The first-order valence-electron chi connectivity index (χ1n) is 11.9. The lowest BCUT2D eigenvalue weighted by Crippen LogP contribution is -2.45. The number of hydrogen-bond acceptors (Lipinski definition) is 8. The molecule has 0 N–H and O–H groups in total. The first-order chi connectivity index (χ1) is 15.5. The van der Waals surface area contributed by atoms with Gasteiger partial charge in [-0.05, 0) is 74.6 Å². The van der Waals surface area contributed by atoms with E-state index in [0.29, 0.717) is 12.2 Å². The van der Waals surface area contributed by atoms with Crippen LogP contribution in [-0.4, -0.2) is 48.1 Å². The van der Waals surface area contributed by atoms with E-state index < -0.39 is 17.9 Å². The number of ketones is 1. The SMILES string of the molecule is CCOC(=O)S[C@@H]1CC(C)(C)C[C@@]2(C)CC=C(C(=O)CCC(C(=O)OCC)C(=O)OCC)[C@@H]12. The van der Waals surface area contributed by atoms with Gasteiger partial charge in [-0.15, -0.1) is 0 Å². The van der Waals surface area contributed by atoms with Crippen molar-refractivity contribution in [2.45, 2.75) is 78.9 Å². The summed E-state index contributed by atoms with van der Waals surface area (Å²) >= 11 is 1.19. The molecule has 0 heterocycles. The Balaban J connectivity index is 2.19. The number of hydrogen-bond donors (Lipinski definition) is 0. The third-order valence-electron chi connectivity index (χ3n) is 6.52. The van der Waals surface area contributed by atoms with Gasteiger partial charge in [0.1, 0.15) is 0 Å². The van der Waals surface area contributed by atoms with Gasteiger partial charge in [-0.1, -0.05) is 26.8 Å². The van der Waals surface area contributed by atoms with Crippen molar-refractivity contribution in [3.63, 3.8) is 0 Å². The number of Topliss-reactive ketones (excluding diaryl/α,β-unsaturated/α-hetero) is 1. The third kappa shape index (κ3) is 6.84. The summed E-state index contributed by atoms with van der Waals surface area (Å²) in [5, 5.41) is -0.382. The fraction of sp³-hybridized carbons (Fsp3) is 0.760. The summed E-state index contributed by atoms with van der Waals surface area (Å²) in [4.78, 5) is 50.2. The number of rotatable bonds is 10. The lowest BCUT2D eigenvalue weighted by Gasteiger charge is -2.49. The number of fused-ring (bicyclic) bond motifs is 1. The molecular weight excluding hydrogens is 444 g/mol. The molecule has 0 spiro atoms. The highest BCUT2D eigenvalue weighted by Crippen LogP contribution is 2.60. The van der Waals surface area contributed by atoms with E-state index in [1.54, 1.807) is 20.8 Å². The topological polar surface area (TPSA) is 96.0 Å². The zero-order chi connectivity index (χ0) is 24.8. The molecule has 0 bridgehead atoms. The molecule has 3 atom stereocenters. The number of allylic oxidation sites excluding steroid dienone is 2. The van der Waals surface area contributed by atoms with Gasteiger partial charge >= 0.3 is 17.2 Å². The van der Waals surface area contributed by atoms with E-state index in [0.717, 1.165) is 19.3 Å². The predicted molar refractivity (Wildman–Crippen MR) is 127 cm³/mol. The van der Waals surface area contributed by atoms with Crippen LogP contribution in [-0.2, 0) is 28.6 Å². The minimum atomic E-state index is -1.11. The second kappa shape index (κ2) is 11.5. The molecule has 1 saturated carbocycles. The average Bonchev–Trinajstić information content (AvgIpc) is 3.04. The van der Waals surface area contributed by atoms with Crippen molar-refractivity contribution in [1.29, 1.82) is 0 Å². The van der Waals surface area contributed by atoms with E-state index in [9.17, 15) is 19.2 Å². The van der Waals surface area contributed by atoms with Gasteiger partial charge in [0.2, 0.25) is 0 Å². The molecule has 0 aromatic carbocycles. The minimum absolute atomic E-state index is 0.0401. The molecule has 2 rings (SSSR count). The molecule has 2 aliphatic rings. The summed E-state index contributed by atoms with van der Waals surface area (Å²) in [5.74, 6) is -2.60. The summed E-state index contributed by atoms with van der Waals surface area (Å²) in [6, 6.07) is 0. The summed E-state index contributed by atoms with van der Waals surface area (Å²) in [6.07, 6.45) is 4.60. The largest absolute Gasteiger partial charge is 0.465 e. The normalized spacial score (nSPS) is 25.7. The molecule has 1 fully saturated rings. The van der Waals surface area contributed by atoms with Crippen molar-refractivity contribution in [2.24, 2.45) is 22.7 Å². The second-order valence-corrected chi connectivity index (χ2v) is 11.1. The summed E-state index contributed by atoms with van der Waals surface area (Å²) < 4.78 is 15.2. The Kier molecular flexibility index (Phi) is 9.58. The smallest absolute Gasteiger partial charge is 0.367 e. The number of esters is 2. The van der Waals surface area contributed by atoms with Crippen molar-refractivity contribution in [1.82, 2.24) is 0 Å². The maximum Gasteiger partial charge on any atom is 0.367 e. The molecule has 0 aromatic heterocycles. The van der Waals surface area contributed by atoms with Crippen LogP contribution in [0.15, 0.2) is 11.6 Å². The quantitative estimate of drug-likeness (QED) is 0.241. The lowest BCUT2D eigenvalue weighted by atomic mass is 9.58. The van der Waals surface area contributed by atoms with Crippen molar-refractivity contribution in [2.75, 3.05) is 19.8 Å². The van der Waals surface area contributed by atoms with Crippen molar-refractivity contribution < 1.29 is 33.4 Å². The zero-order valence-electron chi connectivity index (χ0n) is 20.7. The van der Waals surface area contributed by atoms with Gasteiger partial charge in [0, 0.05) is 17.6 Å². The number of carbonyl (C=O) groups excluding carboxylic acids is 4. The number of carbonyl (C=O) groups is 4. The van der Waals surface area contributed by atoms with Gasteiger partial charge in [-0.2, -0.15) is 0 Å². The maximum atomic E-state index is 13.3. The van der Waals surface area contributed by atoms with Gasteiger partial charge in [-0.25, -0.2) is 4.79 Å². The molecule has 33 heavy (non-hydrogen) atoms. The number of ether oxygens (including phenoxy) is 3. The second-order valence-electron chi connectivity index (χ2n) is 9.90. The molecule has 8 heteroatoms.